The molecule has 3 amide bonds. The van der Waals surface area contributed by atoms with Gasteiger partial charge in [-0.3, -0.25) is 14.5 Å². The standard InChI is InChI=1S/C21H20F2N2O4/c1-21(2,3)29-20(28)24-17(11-12-8-9-15(22)16(23)10-12)25-18(26)13-6-4-5-7-14(13)19(25)27/h4-10,17H,11H2,1-3H3,(H,24,28). The lowest BCUT2D eigenvalue weighted by Gasteiger charge is -2.29. The molecule has 0 saturated carbocycles. The molecule has 3 rings (SSSR count). The monoisotopic (exact) mass is 402 g/mol. The molecule has 1 aliphatic heterocycles. The maximum absolute atomic E-state index is 13.6. The molecule has 2 aromatic rings. The second-order valence-electron chi connectivity index (χ2n) is 7.64. The van der Waals surface area contributed by atoms with E-state index in [1.165, 1.54) is 18.2 Å². The van der Waals surface area contributed by atoms with Crippen LogP contribution in [-0.2, 0) is 11.2 Å². The lowest BCUT2D eigenvalue weighted by Crippen LogP contribution is -2.53. The van der Waals surface area contributed by atoms with Gasteiger partial charge in [0.05, 0.1) is 11.1 Å². The Morgan fingerprint density at radius 1 is 1.03 bits per heavy atom. The average Bonchev–Trinajstić information content (AvgIpc) is 2.87. The zero-order chi connectivity index (χ0) is 21.3. The SMILES string of the molecule is CC(C)(C)OC(=O)NC(Cc1ccc(F)c(F)c1)N1C(=O)c2ccccc2C1=O. The van der Waals surface area contributed by atoms with Crippen LogP contribution >= 0.6 is 0 Å². The van der Waals surface area contributed by atoms with Crippen LogP contribution in [0.1, 0.15) is 47.1 Å². The van der Waals surface area contributed by atoms with Crippen molar-refractivity contribution in [3.63, 3.8) is 0 Å². The van der Waals surface area contributed by atoms with E-state index in [1.54, 1.807) is 32.9 Å². The summed E-state index contributed by atoms with van der Waals surface area (Å²) < 4.78 is 32.1. The molecular formula is C21H20F2N2O4. The number of fused-ring (bicyclic) bond motifs is 1. The second-order valence-corrected chi connectivity index (χ2v) is 7.64. The number of hydrogen-bond acceptors (Lipinski definition) is 4. The van der Waals surface area contributed by atoms with E-state index in [0.717, 1.165) is 17.0 Å². The van der Waals surface area contributed by atoms with Crippen molar-refractivity contribution in [1.29, 1.82) is 0 Å². The summed E-state index contributed by atoms with van der Waals surface area (Å²) in [4.78, 5) is 38.8. The minimum atomic E-state index is -1.15. The fourth-order valence-corrected chi connectivity index (χ4v) is 3.03. The van der Waals surface area contributed by atoms with Gasteiger partial charge in [0, 0.05) is 6.42 Å². The Kier molecular flexibility index (Phi) is 5.37. The molecule has 1 atom stereocenters. The lowest BCUT2D eigenvalue weighted by atomic mass is 10.1. The number of nitrogens with one attached hydrogen (secondary N) is 1. The maximum Gasteiger partial charge on any atom is 0.409 e. The molecule has 0 fully saturated rings. The Labute approximate surface area is 166 Å². The predicted molar refractivity (Wildman–Crippen MR) is 100 cm³/mol. The molecule has 29 heavy (non-hydrogen) atoms. The highest BCUT2D eigenvalue weighted by molar-refractivity contribution is 6.21. The summed E-state index contributed by atoms with van der Waals surface area (Å²) in [5.74, 6) is -3.27. The van der Waals surface area contributed by atoms with E-state index in [1.807, 2.05) is 0 Å². The number of benzene rings is 2. The van der Waals surface area contributed by atoms with Gasteiger partial charge in [-0.1, -0.05) is 18.2 Å². The first-order valence-corrected chi connectivity index (χ1v) is 8.97. The van der Waals surface area contributed by atoms with E-state index in [4.69, 9.17) is 4.74 Å². The summed E-state index contributed by atoms with van der Waals surface area (Å²) in [6.45, 7) is 5.00. The Balaban J connectivity index is 1.92. The van der Waals surface area contributed by atoms with Gasteiger partial charge in [-0.15, -0.1) is 0 Å². The molecule has 0 radical (unpaired) electrons. The molecule has 1 N–H and O–H groups in total. The second kappa shape index (κ2) is 7.62. The van der Waals surface area contributed by atoms with Gasteiger partial charge >= 0.3 is 6.09 Å². The summed E-state index contributed by atoms with van der Waals surface area (Å²) in [6, 6.07) is 9.49. The maximum atomic E-state index is 13.6. The van der Waals surface area contributed by atoms with E-state index >= 15 is 0 Å². The third-order valence-corrected chi connectivity index (χ3v) is 4.23. The minimum absolute atomic E-state index is 0.123. The highest BCUT2D eigenvalue weighted by Crippen LogP contribution is 2.25. The Hall–Kier alpha value is -3.29. The van der Waals surface area contributed by atoms with Crippen LogP contribution in [0, 0.1) is 11.6 Å². The number of rotatable bonds is 4. The van der Waals surface area contributed by atoms with Crippen LogP contribution in [-0.4, -0.2) is 34.6 Å². The van der Waals surface area contributed by atoms with Crippen LogP contribution in [0.2, 0.25) is 0 Å². The van der Waals surface area contributed by atoms with Gasteiger partial charge in [-0.25, -0.2) is 13.6 Å². The van der Waals surface area contributed by atoms with Crippen molar-refractivity contribution in [2.24, 2.45) is 0 Å². The number of amides is 3. The quantitative estimate of drug-likeness (QED) is 0.792. The van der Waals surface area contributed by atoms with Gasteiger partial charge < -0.3 is 10.1 Å². The molecule has 0 aromatic heterocycles. The highest BCUT2D eigenvalue weighted by atomic mass is 19.2. The summed E-state index contributed by atoms with van der Waals surface area (Å²) in [6.07, 6.45) is -2.12. The van der Waals surface area contributed by atoms with Crippen molar-refractivity contribution in [3.8, 4) is 0 Å². The molecule has 8 heteroatoms. The third-order valence-electron chi connectivity index (χ3n) is 4.23. The Bertz CT molecular complexity index is 950. The smallest absolute Gasteiger partial charge is 0.409 e. The molecule has 1 unspecified atom stereocenters. The van der Waals surface area contributed by atoms with Crippen LogP contribution in [0.25, 0.3) is 0 Å². The van der Waals surface area contributed by atoms with E-state index in [0.29, 0.717) is 5.56 Å². The van der Waals surface area contributed by atoms with Gasteiger partial charge in [0.25, 0.3) is 11.8 Å². The van der Waals surface area contributed by atoms with Crippen molar-refractivity contribution >= 4 is 17.9 Å². The average molecular weight is 402 g/mol. The zero-order valence-corrected chi connectivity index (χ0v) is 16.2. The molecule has 1 heterocycles. The third kappa shape index (κ3) is 4.42. The van der Waals surface area contributed by atoms with Crippen molar-refractivity contribution in [2.45, 2.75) is 39.0 Å². The van der Waals surface area contributed by atoms with Crippen molar-refractivity contribution in [3.05, 3.63) is 70.8 Å². The normalized spacial score (nSPS) is 14.6. The first kappa shape index (κ1) is 20.4. The molecule has 2 aromatic carbocycles. The van der Waals surface area contributed by atoms with Crippen molar-refractivity contribution in [1.82, 2.24) is 10.2 Å². The first-order chi connectivity index (χ1) is 13.6. The van der Waals surface area contributed by atoms with E-state index in [2.05, 4.69) is 5.32 Å². The molecule has 152 valence electrons. The zero-order valence-electron chi connectivity index (χ0n) is 16.2. The number of carbonyl (C=O) groups excluding carboxylic acids is 3. The number of alkyl carbamates (subject to hydrolysis) is 1. The minimum Gasteiger partial charge on any atom is -0.444 e. The van der Waals surface area contributed by atoms with Crippen LogP contribution < -0.4 is 5.32 Å². The number of ether oxygens (including phenoxy) is 1. The highest BCUT2D eigenvalue weighted by Gasteiger charge is 2.41. The number of imide groups is 1. The van der Waals surface area contributed by atoms with Gasteiger partial charge in [0.15, 0.2) is 11.6 Å². The molecular weight excluding hydrogens is 382 g/mol. The molecule has 6 nitrogen and oxygen atoms in total. The largest absolute Gasteiger partial charge is 0.444 e. The number of nitrogens with zero attached hydrogens (tertiary/aromatic N) is 1. The molecule has 0 aliphatic carbocycles. The summed E-state index contributed by atoms with van der Waals surface area (Å²) in [5, 5.41) is 2.50. The van der Waals surface area contributed by atoms with E-state index < -0.39 is 41.3 Å². The van der Waals surface area contributed by atoms with E-state index in [9.17, 15) is 23.2 Å². The topological polar surface area (TPSA) is 75.7 Å². The van der Waals surface area contributed by atoms with Gasteiger partial charge in [-0.05, 0) is 50.6 Å². The number of carbonyl (C=O) groups is 3. The summed E-state index contributed by atoms with van der Waals surface area (Å²) in [5.41, 5.74) is -0.0995. The van der Waals surface area contributed by atoms with Gasteiger partial charge in [0.2, 0.25) is 0 Å². The fraction of sp³-hybridized carbons (Fsp3) is 0.286. The van der Waals surface area contributed by atoms with Crippen LogP contribution in [0.5, 0.6) is 0 Å². The number of halogens is 2. The van der Waals surface area contributed by atoms with Crippen molar-refractivity contribution in [2.75, 3.05) is 0 Å². The van der Waals surface area contributed by atoms with Crippen molar-refractivity contribution < 1.29 is 27.9 Å². The molecule has 0 spiro atoms. The Morgan fingerprint density at radius 3 is 2.14 bits per heavy atom. The summed E-state index contributed by atoms with van der Waals surface area (Å²) in [7, 11) is 0. The van der Waals surface area contributed by atoms with Gasteiger partial charge in [0.1, 0.15) is 11.8 Å². The number of hydrogen-bond donors (Lipinski definition) is 1. The van der Waals surface area contributed by atoms with Crippen LogP contribution in [0.4, 0.5) is 13.6 Å². The first-order valence-electron chi connectivity index (χ1n) is 8.97. The lowest BCUT2D eigenvalue weighted by molar-refractivity contribution is 0.0388. The fourth-order valence-electron chi connectivity index (χ4n) is 3.03. The molecule has 0 saturated heterocycles. The summed E-state index contributed by atoms with van der Waals surface area (Å²) >= 11 is 0. The van der Waals surface area contributed by atoms with Gasteiger partial charge in [-0.2, -0.15) is 0 Å². The van der Waals surface area contributed by atoms with Crippen LogP contribution in [0.3, 0.4) is 0 Å². The van der Waals surface area contributed by atoms with E-state index in [-0.39, 0.29) is 17.5 Å². The van der Waals surface area contributed by atoms with Crippen LogP contribution in [0.15, 0.2) is 42.5 Å². The molecule has 0 bridgehead atoms. The molecule has 1 aliphatic rings. The predicted octanol–water partition coefficient (Wildman–Crippen LogP) is 3.65. The Morgan fingerprint density at radius 2 is 1.62 bits per heavy atom.